The normalized spacial score (nSPS) is 10.8. The van der Waals surface area contributed by atoms with Gasteiger partial charge in [0, 0.05) is 35.9 Å². The van der Waals surface area contributed by atoms with Crippen LogP contribution in [0.1, 0.15) is 21.5 Å². The Kier molecular flexibility index (Phi) is 5.94. The summed E-state index contributed by atoms with van der Waals surface area (Å²) in [7, 11) is 0. The molecule has 10 heteroatoms. The Labute approximate surface area is 180 Å². The number of amides is 1. The second kappa shape index (κ2) is 8.97. The average Bonchev–Trinajstić information content (AvgIpc) is 3.29. The largest absolute Gasteiger partial charge is 0.330 e. The Bertz CT molecular complexity index is 1180. The maximum Gasteiger partial charge on any atom is 0.254 e. The highest BCUT2D eigenvalue weighted by Gasteiger charge is 2.20. The van der Waals surface area contributed by atoms with Gasteiger partial charge in [0.05, 0.1) is 0 Å². The van der Waals surface area contributed by atoms with E-state index in [4.69, 9.17) is 11.6 Å². The fraction of sp³-hybridized carbons (Fsp3) is 0.0952. The number of nitrogens with one attached hydrogen (secondary N) is 1. The predicted octanol–water partition coefficient (Wildman–Crippen LogP) is 4.04. The van der Waals surface area contributed by atoms with Crippen LogP contribution in [0.25, 0.3) is 11.5 Å². The van der Waals surface area contributed by atoms with Gasteiger partial charge in [-0.1, -0.05) is 35.9 Å². The lowest BCUT2D eigenvalue weighted by Crippen LogP contribution is -2.30. The van der Waals surface area contributed by atoms with Gasteiger partial charge in [-0.2, -0.15) is 5.21 Å². The maximum atomic E-state index is 13.7. The van der Waals surface area contributed by atoms with E-state index in [1.54, 1.807) is 42.6 Å². The number of aromatic amines is 1. The van der Waals surface area contributed by atoms with Gasteiger partial charge in [-0.25, -0.2) is 8.78 Å². The van der Waals surface area contributed by atoms with E-state index in [9.17, 15) is 13.6 Å². The van der Waals surface area contributed by atoms with Crippen LogP contribution >= 0.6 is 11.6 Å². The highest BCUT2D eigenvalue weighted by molar-refractivity contribution is 6.31. The molecule has 2 heterocycles. The first kappa shape index (κ1) is 20.5. The van der Waals surface area contributed by atoms with E-state index >= 15 is 0 Å². The number of tetrazole rings is 1. The standard InChI is InChI=1S/C21H15ClF2N6O/c22-18-4-2-1-3-14(18)12-30(21(31)15-7-16(23)9-17(24)8-15)11-13-5-6-19(25-10-13)20-26-28-29-27-20/h1-10H,11-12H2,(H,26,27,28,29). The first-order valence-electron chi connectivity index (χ1n) is 9.17. The summed E-state index contributed by atoms with van der Waals surface area (Å²) in [6.45, 7) is 0.283. The number of halogens is 3. The van der Waals surface area contributed by atoms with E-state index in [0.717, 1.165) is 18.2 Å². The fourth-order valence-electron chi connectivity index (χ4n) is 3.03. The van der Waals surface area contributed by atoms with Crippen molar-refractivity contribution in [2.45, 2.75) is 13.1 Å². The van der Waals surface area contributed by atoms with Gasteiger partial charge < -0.3 is 4.90 Å². The van der Waals surface area contributed by atoms with Crippen LogP contribution in [-0.2, 0) is 13.1 Å². The lowest BCUT2D eigenvalue weighted by atomic mass is 10.1. The zero-order valence-electron chi connectivity index (χ0n) is 16.0. The van der Waals surface area contributed by atoms with Gasteiger partial charge in [-0.05, 0) is 40.6 Å². The molecule has 31 heavy (non-hydrogen) atoms. The number of carbonyl (C=O) groups excluding carboxylic acids is 1. The maximum absolute atomic E-state index is 13.7. The smallest absolute Gasteiger partial charge is 0.254 e. The number of rotatable bonds is 6. The molecule has 4 rings (SSSR count). The molecule has 2 aromatic heterocycles. The topological polar surface area (TPSA) is 87.7 Å². The summed E-state index contributed by atoms with van der Waals surface area (Å²) < 4.78 is 27.4. The highest BCUT2D eigenvalue weighted by Crippen LogP contribution is 2.21. The number of hydrogen-bond donors (Lipinski definition) is 1. The second-order valence-corrected chi connectivity index (χ2v) is 7.11. The Morgan fingerprint density at radius 2 is 1.81 bits per heavy atom. The molecule has 0 aliphatic heterocycles. The quantitative estimate of drug-likeness (QED) is 0.489. The van der Waals surface area contributed by atoms with Crippen LogP contribution < -0.4 is 0 Å². The van der Waals surface area contributed by atoms with Crippen molar-refractivity contribution in [3.05, 3.63) is 94.1 Å². The Hall–Kier alpha value is -3.72. The summed E-state index contributed by atoms with van der Waals surface area (Å²) >= 11 is 6.26. The molecule has 4 aromatic rings. The zero-order valence-corrected chi connectivity index (χ0v) is 16.7. The minimum absolute atomic E-state index is 0.0964. The molecule has 0 radical (unpaired) electrons. The number of H-pyrrole nitrogens is 1. The highest BCUT2D eigenvalue weighted by atomic mass is 35.5. The molecule has 0 aliphatic carbocycles. The van der Waals surface area contributed by atoms with Crippen LogP contribution in [0.2, 0.25) is 5.02 Å². The van der Waals surface area contributed by atoms with Crippen LogP contribution in [0.5, 0.6) is 0 Å². The van der Waals surface area contributed by atoms with Gasteiger partial charge in [0.2, 0.25) is 5.82 Å². The first-order chi connectivity index (χ1) is 15.0. The molecule has 0 unspecified atom stereocenters. The summed E-state index contributed by atoms with van der Waals surface area (Å²) in [5.41, 5.74) is 1.81. The predicted molar refractivity (Wildman–Crippen MR) is 109 cm³/mol. The summed E-state index contributed by atoms with van der Waals surface area (Å²) in [5, 5.41) is 14.1. The molecule has 0 atom stereocenters. The summed E-state index contributed by atoms with van der Waals surface area (Å²) in [6, 6.07) is 13.3. The molecule has 0 saturated carbocycles. The summed E-state index contributed by atoms with van der Waals surface area (Å²) in [4.78, 5) is 18.9. The number of pyridine rings is 1. The number of carbonyl (C=O) groups is 1. The third-order valence-electron chi connectivity index (χ3n) is 4.49. The van der Waals surface area contributed by atoms with E-state index in [0.29, 0.717) is 27.7 Å². The van der Waals surface area contributed by atoms with Crippen molar-refractivity contribution < 1.29 is 13.6 Å². The number of hydrogen-bond acceptors (Lipinski definition) is 5. The third kappa shape index (κ3) is 4.89. The third-order valence-corrected chi connectivity index (χ3v) is 4.86. The lowest BCUT2D eigenvalue weighted by molar-refractivity contribution is 0.0729. The molecule has 0 spiro atoms. The number of aromatic nitrogens is 5. The van der Waals surface area contributed by atoms with E-state index in [1.165, 1.54) is 4.90 Å². The monoisotopic (exact) mass is 440 g/mol. The van der Waals surface area contributed by atoms with Crippen LogP contribution in [0.15, 0.2) is 60.8 Å². The van der Waals surface area contributed by atoms with E-state index in [1.807, 2.05) is 0 Å². The first-order valence-corrected chi connectivity index (χ1v) is 9.55. The second-order valence-electron chi connectivity index (χ2n) is 6.70. The number of benzene rings is 2. The summed E-state index contributed by atoms with van der Waals surface area (Å²) in [6.07, 6.45) is 1.57. The van der Waals surface area contributed by atoms with Gasteiger partial charge in [0.1, 0.15) is 17.3 Å². The molecule has 2 aromatic carbocycles. The Morgan fingerprint density at radius 1 is 1.03 bits per heavy atom. The van der Waals surface area contributed by atoms with Crippen LogP contribution in [0.3, 0.4) is 0 Å². The van der Waals surface area contributed by atoms with E-state index in [2.05, 4.69) is 25.6 Å². The minimum Gasteiger partial charge on any atom is -0.330 e. The van der Waals surface area contributed by atoms with E-state index < -0.39 is 17.5 Å². The molecular formula is C21H15ClF2N6O. The molecule has 0 saturated heterocycles. The van der Waals surface area contributed by atoms with Crippen molar-refractivity contribution in [1.29, 1.82) is 0 Å². The molecular weight excluding hydrogens is 426 g/mol. The van der Waals surface area contributed by atoms with Crippen molar-refractivity contribution in [3.8, 4) is 11.5 Å². The lowest BCUT2D eigenvalue weighted by Gasteiger charge is -2.24. The molecule has 0 bridgehead atoms. The summed E-state index contributed by atoms with van der Waals surface area (Å²) in [5.74, 6) is -1.86. The average molecular weight is 441 g/mol. The van der Waals surface area contributed by atoms with E-state index in [-0.39, 0.29) is 18.7 Å². The van der Waals surface area contributed by atoms with Crippen molar-refractivity contribution in [2.24, 2.45) is 0 Å². The zero-order chi connectivity index (χ0) is 21.8. The van der Waals surface area contributed by atoms with Crippen LogP contribution in [-0.4, -0.2) is 36.4 Å². The van der Waals surface area contributed by atoms with Crippen molar-refractivity contribution >= 4 is 17.5 Å². The molecule has 1 amide bonds. The van der Waals surface area contributed by atoms with Gasteiger partial charge in [-0.3, -0.25) is 9.78 Å². The minimum atomic E-state index is -0.827. The SMILES string of the molecule is O=C(c1cc(F)cc(F)c1)N(Cc1ccc(-c2nn[nH]n2)nc1)Cc1ccccc1Cl. The Balaban J connectivity index is 1.63. The van der Waals surface area contributed by atoms with Crippen molar-refractivity contribution in [3.63, 3.8) is 0 Å². The van der Waals surface area contributed by atoms with Crippen LogP contribution in [0.4, 0.5) is 8.78 Å². The number of nitrogens with zero attached hydrogens (tertiary/aromatic N) is 5. The van der Waals surface area contributed by atoms with Crippen molar-refractivity contribution in [1.82, 2.24) is 30.5 Å². The van der Waals surface area contributed by atoms with Gasteiger partial charge in [0.25, 0.3) is 5.91 Å². The Morgan fingerprint density at radius 3 is 2.45 bits per heavy atom. The van der Waals surface area contributed by atoms with Crippen molar-refractivity contribution in [2.75, 3.05) is 0 Å². The molecule has 7 nitrogen and oxygen atoms in total. The van der Waals surface area contributed by atoms with Gasteiger partial charge in [-0.15, -0.1) is 10.2 Å². The van der Waals surface area contributed by atoms with Crippen LogP contribution in [0, 0.1) is 11.6 Å². The molecule has 0 fully saturated rings. The molecule has 156 valence electrons. The molecule has 1 N–H and O–H groups in total. The van der Waals surface area contributed by atoms with Gasteiger partial charge >= 0.3 is 0 Å². The molecule has 0 aliphatic rings. The fourth-order valence-corrected chi connectivity index (χ4v) is 3.23. The van der Waals surface area contributed by atoms with Gasteiger partial charge in [0.15, 0.2) is 0 Å².